The van der Waals surface area contributed by atoms with Crippen LogP contribution in [0.5, 0.6) is 5.75 Å². The second kappa shape index (κ2) is 8.18. The van der Waals surface area contributed by atoms with Gasteiger partial charge in [0.05, 0.1) is 18.6 Å². The zero-order chi connectivity index (χ0) is 20.4. The molecule has 4 rings (SSSR count). The maximum atomic E-state index is 12.8. The van der Waals surface area contributed by atoms with Crippen molar-refractivity contribution in [1.82, 2.24) is 9.88 Å². The third kappa shape index (κ3) is 4.32. The van der Waals surface area contributed by atoms with Crippen LogP contribution in [0, 0.1) is 0 Å². The molecule has 1 aliphatic rings. The van der Waals surface area contributed by atoms with Crippen molar-refractivity contribution in [3.63, 3.8) is 0 Å². The van der Waals surface area contributed by atoms with Gasteiger partial charge in [-0.15, -0.1) is 0 Å². The third-order valence-corrected chi connectivity index (χ3v) is 6.93. The fourth-order valence-corrected chi connectivity index (χ4v) is 4.79. The lowest BCUT2D eigenvalue weighted by atomic mass is 9.89. The SMILES string of the molecule is COc1ccc(COS(=O)(=O)c2ccc3[nH]cc(C4CCN(C)CC4)c3c2)cc1. The molecule has 1 N–H and O–H groups in total. The third-order valence-electron chi connectivity index (χ3n) is 5.67. The standard InChI is InChI=1S/C22H26N2O4S/c1-24-11-9-17(10-12-24)21-14-23-22-8-7-19(13-20(21)22)29(25,26)28-15-16-3-5-18(27-2)6-4-16/h3-8,13-14,17,23H,9-12,15H2,1-2H3. The fraction of sp³-hybridized carbons (Fsp3) is 0.364. The first-order valence-corrected chi connectivity index (χ1v) is 11.2. The normalized spacial score (nSPS) is 16.3. The van der Waals surface area contributed by atoms with Crippen LogP contribution in [0.25, 0.3) is 10.9 Å². The molecule has 1 fully saturated rings. The number of benzene rings is 2. The Morgan fingerprint density at radius 2 is 1.83 bits per heavy atom. The van der Waals surface area contributed by atoms with Crippen LogP contribution in [0.4, 0.5) is 0 Å². The molecule has 1 aromatic heterocycles. The number of likely N-dealkylation sites (tertiary alicyclic amines) is 1. The maximum Gasteiger partial charge on any atom is 0.297 e. The predicted octanol–water partition coefficient (Wildman–Crippen LogP) is 3.89. The van der Waals surface area contributed by atoms with E-state index >= 15 is 0 Å². The first-order valence-electron chi connectivity index (χ1n) is 9.78. The second-order valence-electron chi connectivity index (χ2n) is 7.59. The van der Waals surface area contributed by atoms with E-state index in [1.165, 1.54) is 5.56 Å². The quantitative estimate of drug-likeness (QED) is 0.620. The van der Waals surface area contributed by atoms with Crippen molar-refractivity contribution < 1.29 is 17.3 Å². The van der Waals surface area contributed by atoms with Gasteiger partial charge in [0.25, 0.3) is 10.1 Å². The van der Waals surface area contributed by atoms with Crippen molar-refractivity contribution in [2.75, 3.05) is 27.2 Å². The first-order chi connectivity index (χ1) is 14.0. The van der Waals surface area contributed by atoms with Crippen LogP contribution < -0.4 is 4.74 Å². The Morgan fingerprint density at radius 3 is 2.52 bits per heavy atom. The van der Waals surface area contributed by atoms with Crippen molar-refractivity contribution in [1.29, 1.82) is 0 Å². The summed E-state index contributed by atoms with van der Waals surface area (Å²) in [6.07, 6.45) is 4.18. The van der Waals surface area contributed by atoms with E-state index in [9.17, 15) is 8.42 Å². The highest BCUT2D eigenvalue weighted by atomic mass is 32.2. The summed E-state index contributed by atoms with van der Waals surface area (Å²) >= 11 is 0. The van der Waals surface area contributed by atoms with Crippen LogP contribution in [-0.2, 0) is 20.9 Å². The predicted molar refractivity (Wildman–Crippen MR) is 113 cm³/mol. The van der Waals surface area contributed by atoms with Crippen molar-refractivity contribution >= 4 is 21.0 Å². The van der Waals surface area contributed by atoms with Crippen LogP contribution in [0.1, 0.15) is 29.9 Å². The highest BCUT2D eigenvalue weighted by Crippen LogP contribution is 2.34. The van der Waals surface area contributed by atoms with Crippen LogP contribution in [0.2, 0.25) is 0 Å². The number of nitrogens with one attached hydrogen (secondary N) is 1. The van der Waals surface area contributed by atoms with Gasteiger partial charge in [0, 0.05) is 17.1 Å². The Labute approximate surface area is 171 Å². The number of H-pyrrole nitrogens is 1. The smallest absolute Gasteiger partial charge is 0.297 e. The van der Waals surface area contributed by atoms with E-state index < -0.39 is 10.1 Å². The molecule has 7 heteroatoms. The Hall–Kier alpha value is -2.35. The van der Waals surface area contributed by atoms with Gasteiger partial charge in [-0.1, -0.05) is 12.1 Å². The summed E-state index contributed by atoms with van der Waals surface area (Å²) in [5.74, 6) is 1.16. The van der Waals surface area contributed by atoms with Gasteiger partial charge in [-0.05, 0) is 80.4 Å². The first kappa shape index (κ1) is 19.9. The number of fused-ring (bicyclic) bond motifs is 1. The zero-order valence-corrected chi connectivity index (χ0v) is 17.5. The highest BCUT2D eigenvalue weighted by molar-refractivity contribution is 7.86. The van der Waals surface area contributed by atoms with Crippen LogP contribution in [0.3, 0.4) is 0 Å². The molecular formula is C22H26N2O4S. The summed E-state index contributed by atoms with van der Waals surface area (Å²) in [6, 6.07) is 12.3. The summed E-state index contributed by atoms with van der Waals surface area (Å²) in [4.78, 5) is 5.80. The summed E-state index contributed by atoms with van der Waals surface area (Å²) in [5.41, 5.74) is 2.91. The van der Waals surface area contributed by atoms with Crippen molar-refractivity contribution in [3.8, 4) is 5.75 Å². The zero-order valence-electron chi connectivity index (χ0n) is 16.7. The summed E-state index contributed by atoms with van der Waals surface area (Å²) in [5, 5.41) is 0.966. The lowest BCUT2D eigenvalue weighted by Gasteiger charge is -2.28. The molecule has 3 aromatic rings. The molecule has 1 aliphatic heterocycles. The molecule has 0 saturated carbocycles. The molecule has 6 nitrogen and oxygen atoms in total. The Balaban J connectivity index is 1.55. The molecule has 0 atom stereocenters. The number of ether oxygens (including phenoxy) is 1. The van der Waals surface area contributed by atoms with Crippen molar-refractivity contribution in [2.45, 2.75) is 30.3 Å². The number of aromatic nitrogens is 1. The van der Waals surface area contributed by atoms with Gasteiger partial charge in [0.15, 0.2) is 0 Å². The average molecular weight is 415 g/mol. The molecular weight excluding hydrogens is 388 g/mol. The largest absolute Gasteiger partial charge is 0.497 e. The molecule has 0 spiro atoms. The minimum absolute atomic E-state index is 0.0146. The van der Waals surface area contributed by atoms with Gasteiger partial charge in [-0.25, -0.2) is 0 Å². The van der Waals surface area contributed by atoms with E-state index in [0.717, 1.165) is 48.1 Å². The Kier molecular flexibility index (Phi) is 5.63. The van der Waals surface area contributed by atoms with Gasteiger partial charge in [-0.3, -0.25) is 4.18 Å². The summed E-state index contributed by atoms with van der Waals surface area (Å²) in [7, 11) is -0.128. The summed E-state index contributed by atoms with van der Waals surface area (Å²) < 4.78 is 36.0. The minimum Gasteiger partial charge on any atom is -0.497 e. The topological polar surface area (TPSA) is 71.6 Å². The van der Waals surface area contributed by atoms with Gasteiger partial charge in [-0.2, -0.15) is 8.42 Å². The number of piperidine rings is 1. The van der Waals surface area contributed by atoms with Crippen LogP contribution >= 0.6 is 0 Å². The number of hydrogen-bond acceptors (Lipinski definition) is 5. The molecule has 154 valence electrons. The van der Waals surface area contributed by atoms with E-state index in [-0.39, 0.29) is 11.5 Å². The molecule has 1 saturated heterocycles. The lowest BCUT2D eigenvalue weighted by molar-refractivity contribution is 0.256. The van der Waals surface area contributed by atoms with Gasteiger partial charge >= 0.3 is 0 Å². The van der Waals surface area contributed by atoms with Crippen LogP contribution in [0.15, 0.2) is 53.6 Å². The van der Waals surface area contributed by atoms with Gasteiger partial charge in [0.1, 0.15) is 5.75 Å². The molecule has 0 bridgehead atoms. The molecule has 0 radical (unpaired) electrons. The number of aromatic amines is 1. The molecule has 0 unspecified atom stereocenters. The van der Waals surface area contributed by atoms with E-state index in [2.05, 4.69) is 16.9 Å². The van der Waals surface area contributed by atoms with E-state index in [4.69, 9.17) is 8.92 Å². The highest BCUT2D eigenvalue weighted by Gasteiger charge is 2.23. The molecule has 29 heavy (non-hydrogen) atoms. The van der Waals surface area contributed by atoms with Crippen LogP contribution in [-0.4, -0.2) is 45.5 Å². The Bertz CT molecular complexity index is 1080. The molecule has 2 heterocycles. The van der Waals surface area contributed by atoms with Crippen molar-refractivity contribution in [2.24, 2.45) is 0 Å². The monoisotopic (exact) mass is 414 g/mol. The summed E-state index contributed by atoms with van der Waals surface area (Å²) in [6.45, 7) is 2.10. The number of methoxy groups -OCH3 is 1. The van der Waals surface area contributed by atoms with Gasteiger partial charge in [0.2, 0.25) is 0 Å². The molecule has 2 aromatic carbocycles. The minimum atomic E-state index is -3.85. The fourth-order valence-electron chi connectivity index (χ4n) is 3.87. The number of hydrogen-bond donors (Lipinski definition) is 1. The molecule has 0 aliphatic carbocycles. The van der Waals surface area contributed by atoms with Crippen molar-refractivity contribution in [3.05, 3.63) is 59.8 Å². The number of nitrogens with zero attached hydrogens (tertiary/aromatic N) is 1. The Morgan fingerprint density at radius 1 is 1.10 bits per heavy atom. The van der Waals surface area contributed by atoms with Gasteiger partial charge < -0.3 is 14.6 Å². The van der Waals surface area contributed by atoms with E-state index in [1.54, 1.807) is 43.5 Å². The maximum absolute atomic E-state index is 12.8. The number of rotatable bonds is 6. The van der Waals surface area contributed by atoms with E-state index in [0.29, 0.717) is 5.92 Å². The molecule has 0 amide bonds. The van der Waals surface area contributed by atoms with E-state index in [1.807, 2.05) is 12.3 Å². The average Bonchev–Trinajstić information content (AvgIpc) is 3.16. The lowest BCUT2D eigenvalue weighted by Crippen LogP contribution is -2.29. The second-order valence-corrected chi connectivity index (χ2v) is 9.21.